The van der Waals surface area contributed by atoms with E-state index in [1.165, 1.54) is 35.0 Å². The van der Waals surface area contributed by atoms with Gasteiger partial charge in [0.15, 0.2) is 5.69 Å². The van der Waals surface area contributed by atoms with Crippen LogP contribution >= 0.6 is 0 Å². The molecular formula is C25H30FN5O6S. The van der Waals surface area contributed by atoms with Crippen LogP contribution in [-0.4, -0.2) is 41.1 Å². The van der Waals surface area contributed by atoms with Crippen molar-refractivity contribution >= 4 is 21.6 Å². The molecule has 0 bridgehead atoms. The number of non-ortho nitro benzene ring substituents is 1. The van der Waals surface area contributed by atoms with Gasteiger partial charge in [0.25, 0.3) is 11.6 Å². The number of rotatable bonds is 11. The molecule has 0 aliphatic carbocycles. The van der Waals surface area contributed by atoms with Crippen molar-refractivity contribution in [2.24, 2.45) is 0 Å². The van der Waals surface area contributed by atoms with E-state index in [4.69, 9.17) is 4.74 Å². The fourth-order valence-electron chi connectivity index (χ4n) is 3.39. The van der Waals surface area contributed by atoms with Crippen LogP contribution in [0.4, 0.5) is 10.1 Å². The number of hydrogen-bond acceptors (Lipinski definition) is 7. The summed E-state index contributed by atoms with van der Waals surface area (Å²) >= 11 is 0. The van der Waals surface area contributed by atoms with E-state index in [-0.39, 0.29) is 28.9 Å². The molecule has 0 saturated carbocycles. The zero-order chi connectivity index (χ0) is 28.2. The number of nitro groups is 1. The lowest BCUT2D eigenvalue weighted by molar-refractivity contribution is -0.385. The van der Waals surface area contributed by atoms with Crippen LogP contribution in [0.3, 0.4) is 0 Å². The number of aromatic nitrogens is 2. The van der Waals surface area contributed by atoms with Gasteiger partial charge >= 0.3 is 0 Å². The highest BCUT2D eigenvalue weighted by Gasteiger charge is 2.28. The minimum absolute atomic E-state index is 0.0141. The van der Waals surface area contributed by atoms with Crippen LogP contribution in [0.1, 0.15) is 56.6 Å². The standard InChI is InChI=1S/C25H30FN5O6S/c1-6-15(3)27-24(32)23-17(5)25(30(28-23)19-10-8-18(26)9-11-19)37-21-13-12-20(31(33)34)14-22(21)38(35,36)29-16(4)7-2/h8-16,29H,6-7H2,1-5H3,(H,27,32)/t15-,16+/m1/s1. The van der Waals surface area contributed by atoms with Crippen LogP contribution in [0.15, 0.2) is 47.4 Å². The molecule has 0 unspecified atom stereocenters. The normalized spacial score (nSPS) is 13.1. The minimum Gasteiger partial charge on any atom is -0.437 e. The topological polar surface area (TPSA) is 145 Å². The lowest BCUT2D eigenvalue weighted by Crippen LogP contribution is -2.32. The first-order valence-electron chi connectivity index (χ1n) is 12.0. The second-order valence-corrected chi connectivity index (χ2v) is 10.6. The minimum atomic E-state index is -4.24. The summed E-state index contributed by atoms with van der Waals surface area (Å²) in [4.78, 5) is 23.2. The predicted molar refractivity (Wildman–Crippen MR) is 139 cm³/mol. The SMILES string of the molecule is CC[C@@H](C)NC(=O)c1nn(-c2ccc(F)cc2)c(Oc2ccc([N+](=O)[O-])cc2S(=O)(=O)N[C@@H](C)CC)c1C. The van der Waals surface area contributed by atoms with Crippen molar-refractivity contribution in [2.45, 2.75) is 64.4 Å². The highest BCUT2D eigenvalue weighted by Crippen LogP contribution is 2.36. The van der Waals surface area contributed by atoms with Gasteiger partial charge in [0.2, 0.25) is 15.9 Å². The third-order valence-corrected chi connectivity index (χ3v) is 7.56. The highest BCUT2D eigenvalue weighted by atomic mass is 32.2. The van der Waals surface area contributed by atoms with Gasteiger partial charge in [0, 0.05) is 29.8 Å². The molecule has 1 heterocycles. The van der Waals surface area contributed by atoms with Gasteiger partial charge in [-0.15, -0.1) is 0 Å². The Bertz CT molecular complexity index is 1440. The van der Waals surface area contributed by atoms with Crippen LogP contribution in [0.5, 0.6) is 11.6 Å². The summed E-state index contributed by atoms with van der Waals surface area (Å²) in [5.41, 5.74) is 0.204. The number of halogens is 1. The summed E-state index contributed by atoms with van der Waals surface area (Å²) in [6, 6.07) is 7.84. The molecule has 0 saturated heterocycles. The first-order valence-corrected chi connectivity index (χ1v) is 13.5. The van der Waals surface area contributed by atoms with Gasteiger partial charge in [-0.2, -0.15) is 9.78 Å². The number of benzene rings is 2. The maximum absolute atomic E-state index is 13.6. The third kappa shape index (κ3) is 6.34. The molecule has 204 valence electrons. The summed E-state index contributed by atoms with van der Waals surface area (Å²) in [5.74, 6) is -1.20. The van der Waals surface area contributed by atoms with Crippen molar-refractivity contribution in [3.05, 3.63) is 69.7 Å². The van der Waals surface area contributed by atoms with Crippen molar-refractivity contribution in [3.8, 4) is 17.3 Å². The maximum atomic E-state index is 13.6. The van der Waals surface area contributed by atoms with E-state index >= 15 is 0 Å². The third-order valence-electron chi connectivity index (χ3n) is 5.95. The Kier molecular flexibility index (Phi) is 8.84. The van der Waals surface area contributed by atoms with Crippen LogP contribution in [-0.2, 0) is 10.0 Å². The Hall–Kier alpha value is -3.84. The molecule has 1 aromatic heterocycles. The van der Waals surface area contributed by atoms with E-state index in [2.05, 4.69) is 15.1 Å². The summed E-state index contributed by atoms with van der Waals surface area (Å²) in [6.07, 6.45) is 1.16. The average molecular weight is 548 g/mol. The lowest BCUT2D eigenvalue weighted by atomic mass is 10.2. The van der Waals surface area contributed by atoms with Crippen LogP contribution in [0.25, 0.3) is 5.69 Å². The zero-order valence-corrected chi connectivity index (χ0v) is 22.5. The monoisotopic (exact) mass is 547 g/mol. The van der Waals surface area contributed by atoms with Gasteiger partial charge in [-0.3, -0.25) is 14.9 Å². The summed E-state index contributed by atoms with van der Waals surface area (Å²) < 4.78 is 49.8. The average Bonchev–Trinajstić information content (AvgIpc) is 3.19. The van der Waals surface area contributed by atoms with Gasteiger partial charge in [-0.05, 0) is 63.9 Å². The number of carbonyl (C=O) groups excluding carboxylic acids is 1. The van der Waals surface area contributed by atoms with E-state index in [0.29, 0.717) is 18.5 Å². The quantitative estimate of drug-likeness (QED) is 0.263. The first-order chi connectivity index (χ1) is 17.9. The van der Waals surface area contributed by atoms with Gasteiger partial charge in [-0.1, -0.05) is 13.8 Å². The van der Waals surface area contributed by atoms with E-state index in [9.17, 15) is 27.7 Å². The molecule has 0 radical (unpaired) electrons. The van der Waals surface area contributed by atoms with Crippen LogP contribution in [0.2, 0.25) is 0 Å². The largest absolute Gasteiger partial charge is 0.437 e. The van der Waals surface area contributed by atoms with Crippen molar-refractivity contribution in [2.75, 3.05) is 0 Å². The fourth-order valence-corrected chi connectivity index (χ4v) is 4.86. The number of ether oxygens (including phenoxy) is 1. The Morgan fingerprint density at radius 1 is 1.13 bits per heavy atom. The molecule has 2 aromatic carbocycles. The van der Waals surface area contributed by atoms with Gasteiger partial charge in [0.1, 0.15) is 16.5 Å². The molecule has 13 heteroatoms. The van der Waals surface area contributed by atoms with Crippen molar-refractivity contribution < 1.29 is 27.3 Å². The molecule has 38 heavy (non-hydrogen) atoms. The summed E-state index contributed by atoms with van der Waals surface area (Å²) in [6.45, 7) is 8.76. The molecule has 2 atom stereocenters. The Labute approximate surface area is 220 Å². The van der Waals surface area contributed by atoms with E-state index in [1.54, 1.807) is 20.8 Å². The van der Waals surface area contributed by atoms with Crippen molar-refractivity contribution in [3.63, 3.8) is 0 Å². The molecule has 2 N–H and O–H groups in total. The van der Waals surface area contributed by atoms with E-state index in [1.807, 2.05) is 13.8 Å². The smallest absolute Gasteiger partial charge is 0.272 e. The molecule has 0 fully saturated rings. The first kappa shape index (κ1) is 28.7. The molecule has 1 amide bonds. The molecule has 3 rings (SSSR count). The van der Waals surface area contributed by atoms with Crippen molar-refractivity contribution in [1.82, 2.24) is 19.8 Å². The molecule has 0 aliphatic rings. The number of amides is 1. The summed E-state index contributed by atoms with van der Waals surface area (Å²) in [7, 11) is -4.24. The number of nitrogens with zero attached hydrogens (tertiary/aromatic N) is 3. The second-order valence-electron chi connectivity index (χ2n) is 8.87. The predicted octanol–water partition coefficient (Wildman–Crippen LogP) is 4.63. The number of nitro benzene ring substituents is 1. The van der Waals surface area contributed by atoms with Crippen LogP contribution in [0, 0.1) is 22.9 Å². The van der Waals surface area contributed by atoms with E-state index in [0.717, 1.165) is 12.1 Å². The van der Waals surface area contributed by atoms with Crippen LogP contribution < -0.4 is 14.8 Å². The highest BCUT2D eigenvalue weighted by molar-refractivity contribution is 7.89. The summed E-state index contributed by atoms with van der Waals surface area (Å²) in [5, 5.41) is 18.6. The Morgan fingerprint density at radius 2 is 1.76 bits per heavy atom. The number of sulfonamides is 1. The number of nitrogens with one attached hydrogen (secondary N) is 2. The fraction of sp³-hybridized carbons (Fsp3) is 0.360. The second kappa shape index (κ2) is 11.7. The molecule has 0 spiro atoms. The van der Waals surface area contributed by atoms with Gasteiger partial charge in [-0.25, -0.2) is 17.5 Å². The van der Waals surface area contributed by atoms with E-state index < -0.39 is 43.3 Å². The lowest BCUT2D eigenvalue weighted by Gasteiger charge is -2.16. The molecular weight excluding hydrogens is 517 g/mol. The zero-order valence-electron chi connectivity index (χ0n) is 21.7. The molecule has 11 nitrogen and oxygen atoms in total. The molecule has 0 aliphatic heterocycles. The van der Waals surface area contributed by atoms with Crippen molar-refractivity contribution in [1.29, 1.82) is 0 Å². The maximum Gasteiger partial charge on any atom is 0.272 e. The van der Waals surface area contributed by atoms with Gasteiger partial charge in [0.05, 0.1) is 10.6 Å². The number of carbonyl (C=O) groups is 1. The van der Waals surface area contributed by atoms with Gasteiger partial charge < -0.3 is 10.1 Å². The molecule has 3 aromatic rings. The number of hydrogen-bond donors (Lipinski definition) is 2. The Balaban J connectivity index is 2.19. The Morgan fingerprint density at radius 3 is 2.34 bits per heavy atom.